The van der Waals surface area contributed by atoms with E-state index < -0.39 is 0 Å². The number of hydrazine groups is 1. The third-order valence-electron chi connectivity index (χ3n) is 3.26. The van der Waals surface area contributed by atoms with E-state index in [2.05, 4.69) is 22.7 Å². The van der Waals surface area contributed by atoms with Gasteiger partial charge in [0.1, 0.15) is 0 Å². The predicted molar refractivity (Wildman–Crippen MR) is 66.4 cm³/mol. The van der Waals surface area contributed by atoms with Gasteiger partial charge in [0.05, 0.1) is 17.4 Å². The largest absolute Gasteiger partial charge is 0.271 e. The Labute approximate surface area is 100 Å². The molecule has 1 atom stereocenters. The minimum atomic E-state index is 0.206. The first-order chi connectivity index (χ1) is 8.40. The number of benzene rings is 1. The molecule has 1 fully saturated rings. The minimum absolute atomic E-state index is 0.206. The van der Waals surface area contributed by atoms with Gasteiger partial charge in [0.25, 0.3) is 0 Å². The van der Waals surface area contributed by atoms with E-state index in [1.165, 1.54) is 12.8 Å². The maximum Gasteiger partial charge on any atom is 0.0661 e. The number of rotatable bonds is 4. The van der Waals surface area contributed by atoms with Crippen molar-refractivity contribution in [3.05, 3.63) is 48.3 Å². The summed E-state index contributed by atoms with van der Waals surface area (Å²) in [5, 5.41) is 4.39. The Kier molecular flexibility index (Phi) is 2.66. The maximum absolute atomic E-state index is 5.66. The first kappa shape index (κ1) is 10.5. The number of hydrogen-bond donors (Lipinski definition) is 2. The van der Waals surface area contributed by atoms with Crippen LogP contribution in [0.3, 0.4) is 0 Å². The molecule has 17 heavy (non-hydrogen) atoms. The second kappa shape index (κ2) is 4.31. The van der Waals surface area contributed by atoms with Gasteiger partial charge in [-0.05, 0) is 37.0 Å². The summed E-state index contributed by atoms with van der Waals surface area (Å²) < 4.78 is 1.96. The van der Waals surface area contributed by atoms with Crippen LogP contribution in [0.5, 0.6) is 0 Å². The topological polar surface area (TPSA) is 55.9 Å². The van der Waals surface area contributed by atoms with Crippen LogP contribution in [0.1, 0.15) is 24.6 Å². The Morgan fingerprint density at radius 3 is 2.65 bits per heavy atom. The van der Waals surface area contributed by atoms with Crippen LogP contribution in [0.15, 0.2) is 42.6 Å². The van der Waals surface area contributed by atoms with Crippen LogP contribution in [-0.4, -0.2) is 9.78 Å². The quantitative estimate of drug-likeness (QED) is 0.619. The van der Waals surface area contributed by atoms with Crippen molar-refractivity contribution < 1.29 is 0 Å². The molecular formula is C13H16N4. The van der Waals surface area contributed by atoms with Crippen molar-refractivity contribution in [3.63, 3.8) is 0 Å². The molecule has 1 heterocycles. The van der Waals surface area contributed by atoms with Gasteiger partial charge in [0.15, 0.2) is 0 Å². The molecule has 1 aromatic carbocycles. The molecule has 1 aromatic heterocycles. The lowest BCUT2D eigenvalue weighted by Gasteiger charge is -2.17. The van der Waals surface area contributed by atoms with E-state index in [-0.39, 0.29) is 6.04 Å². The summed E-state index contributed by atoms with van der Waals surface area (Å²) in [4.78, 5) is 0. The molecule has 0 spiro atoms. The molecule has 88 valence electrons. The fraction of sp³-hybridized carbons (Fsp3) is 0.308. The Morgan fingerprint density at radius 1 is 1.24 bits per heavy atom. The second-order valence-electron chi connectivity index (χ2n) is 4.49. The summed E-state index contributed by atoms with van der Waals surface area (Å²) in [7, 11) is 0. The van der Waals surface area contributed by atoms with Crippen LogP contribution >= 0.6 is 0 Å². The van der Waals surface area contributed by atoms with Crippen LogP contribution in [0.2, 0.25) is 0 Å². The van der Waals surface area contributed by atoms with Gasteiger partial charge in [-0.15, -0.1) is 0 Å². The summed E-state index contributed by atoms with van der Waals surface area (Å²) in [5.74, 6) is 6.31. The van der Waals surface area contributed by atoms with E-state index in [4.69, 9.17) is 5.84 Å². The third kappa shape index (κ3) is 1.97. The van der Waals surface area contributed by atoms with Gasteiger partial charge in [-0.3, -0.25) is 11.3 Å². The van der Waals surface area contributed by atoms with Crippen LogP contribution < -0.4 is 11.3 Å². The number of hydrogen-bond acceptors (Lipinski definition) is 3. The summed E-state index contributed by atoms with van der Waals surface area (Å²) in [6.07, 6.45) is 4.32. The van der Waals surface area contributed by atoms with Gasteiger partial charge in [-0.2, -0.15) is 5.10 Å². The molecular weight excluding hydrogens is 212 g/mol. The van der Waals surface area contributed by atoms with Gasteiger partial charge in [-0.25, -0.2) is 4.68 Å². The average molecular weight is 228 g/mol. The zero-order valence-corrected chi connectivity index (χ0v) is 9.58. The first-order valence-electron chi connectivity index (χ1n) is 5.95. The highest BCUT2D eigenvalue weighted by molar-refractivity contribution is 5.33. The predicted octanol–water partition coefficient (Wildman–Crippen LogP) is 1.79. The molecule has 2 aromatic rings. The fourth-order valence-electron chi connectivity index (χ4n) is 2.23. The molecule has 0 saturated heterocycles. The molecule has 0 amide bonds. The number of nitrogens with two attached hydrogens (primary N) is 1. The van der Waals surface area contributed by atoms with Crippen LogP contribution in [0.25, 0.3) is 5.69 Å². The van der Waals surface area contributed by atoms with Gasteiger partial charge in [0, 0.05) is 6.20 Å². The highest BCUT2D eigenvalue weighted by atomic mass is 15.3. The summed E-state index contributed by atoms with van der Waals surface area (Å²) in [6, 6.07) is 12.4. The van der Waals surface area contributed by atoms with Gasteiger partial charge < -0.3 is 0 Å². The third-order valence-corrected chi connectivity index (χ3v) is 3.26. The molecule has 3 N–H and O–H groups in total. The monoisotopic (exact) mass is 228 g/mol. The number of para-hydroxylation sites is 1. The van der Waals surface area contributed by atoms with E-state index in [1.807, 2.05) is 35.1 Å². The van der Waals surface area contributed by atoms with Crippen LogP contribution in [0.4, 0.5) is 0 Å². The Hall–Kier alpha value is -1.65. The van der Waals surface area contributed by atoms with Crippen molar-refractivity contribution in [2.24, 2.45) is 11.8 Å². The zero-order chi connectivity index (χ0) is 11.7. The number of nitrogens with one attached hydrogen (secondary N) is 1. The van der Waals surface area contributed by atoms with Crippen LogP contribution in [-0.2, 0) is 0 Å². The SMILES string of the molecule is NNC(c1ccnn1-c1ccccc1)C1CC1. The Morgan fingerprint density at radius 2 is 2.00 bits per heavy atom. The highest BCUT2D eigenvalue weighted by Gasteiger charge is 2.33. The molecule has 4 nitrogen and oxygen atoms in total. The lowest BCUT2D eigenvalue weighted by Crippen LogP contribution is -2.31. The fourth-order valence-corrected chi connectivity index (χ4v) is 2.23. The summed E-state index contributed by atoms with van der Waals surface area (Å²) >= 11 is 0. The first-order valence-corrected chi connectivity index (χ1v) is 5.95. The van der Waals surface area contributed by atoms with Crippen molar-refractivity contribution in [2.75, 3.05) is 0 Å². The van der Waals surface area contributed by atoms with Crippen LogP contribution in [0, 0.1) is 5.92 Å². The summed E-state index contributed by atoms with van der Waals surface area (Å²) in [5.41, 5.74) is 5.13. The van der Waals surface area contributed by atoms with Crippen molar-refractivity contribution in [1.82, 2.24) is 15.2 Å². The Balaban J connectivity index is 1.98. The molecule has 1 aliphatic rings. The molecule has 0 radical (unpaired) electrons. The van der Waals surface area contributed by atoms with E-state index in [9.17, 15) is 0 Å². The lowest BCUT2D eigenvalue weighted by atomic mass is 10.1. The molecule has 1 aliphatic carbocycles. The molecule has 1 unspecified atom stereocenters. The molecule has 3 rings (SSSR count). The standard InChI is InChI=1S/C13H16N4/c14-16-13(10-6-7-10)12-8-9-15-17(12)11-4-2-1-3-5-11/h1-5,8-10,13,16H,6-7,14H2. The van der Waals surface area contributed by atoms with Crippen molar-refractivity contribution in [3.8, 4) is 5.69 Å². The lowest BCUT2D eigenvalue weighted by molar-refractivity contribution is 0.472. The van der Waals surface area contributed by atoms with Gasteiger partial charge >= 0.3 is 0 Å². The molecule has 4 heteroatoms. The maximum atomic E-state index is 5.66. The highest BCUT2D eigenvalue weighted by Crippen LogP contribution is 2.40. The Bertz CT molecular complexity index is 487. The average Bonchev–Trinajstić information content (AvgIpc) is 3.09. The summed E-state index contributed by atoms with van der Waals surface area (Å²) in [6.45, 7) is 0. The van der Waals surface area contributed by atoms with Crippen molar-refractivity contribution >= 4 is 0 Å². The minimum Gasteiger partial charge on any atom is -0.271 e. The number of aromatic nitrogens is 2. The van der Waals surface area contributed by atoms with Gasteiger partial charge in [0.2, 0.25) is 0 Å². The van der Waals surface area contributed by atoms with E-state index in [0.29, 0.717) is 5.92 Å². The zero-order valence-electron chi connectivity index (χ0n) is 9.58. The van der Waals surface area contributed by atoms with Crippen molar-refractivity contribution in [2.45, 2.75) is 18.9 Å². The molecule has 0 aliphatic heterocycles. The van der Waals surface area contributed by atoms with Gasteiger partial charge in [-0.1, -0.05) is 18.2 Å². The van der Waals surface area contributed by atoms with E-state index >= 15 is 0 Å². The second-order valence-corrected chi connectivity index (χ2v) is 4.49. The number of nitrogens with zero attached hydrogens (tertiary/aromatic N) is 2. The smallest absolute Gasteiger partial charge is 0.0661 e. The molecule has 1 saturated carbocycles. The molecule has 0 bridgehead atoms. The van der Waals surface area contributed by atoms with E-state index in [0.717, 1.165) is 11.4 Å². The normalized spacial score (nSPS) is 17.0. The van der Waals surface area contributed by atoms with Crippen molar-refractivity contribution in [1.29, 1.82) is 0 Å². The van der Waals surface area contributed by atoms with E-state index in [1.54, 1.807) is 0 Å².